The van der Waals surface area contributed by atoms with Crippen molar-refractivity contribution in [2.75, 3.05) is 25.5 Å². The maximum absolute atomic E-state index is 14.5. The number of thioether (sulfide) groups is 1. The van der Waals surface area contributed by atoms with Crippen molar-refractivity contribution < 1.29 is 22.1 Å². The van der Waals surface area contributed by atoms with Crippen LogP contribution < -0.4 is 11.1 Å². The number of piperidine rings is 1. The molecule has 0 bridgehead atoms. The quantitative estimate of drug-likeness (QED) is 0.440. The molecule has 1 fully saturated rings. The summed E-state index contributed by atoms with van der Waals surface area (Å²) < 4.78 is 61.0. The van der Waals surface area contributed by atoms with Crippen LogP contribution in [-0.4, -0.2) is 57.3 Å². The Balaban J connectivity index is 1.78. The maximum Gasteiger partial charge on any atom is 0.447 e. The third kappa shape index (κ3) is 4.65. The molecule has 4 rings (SSSR count). The second-order valence-electron chi connectivity index (χ2n) is 7.65. The van der Waals surface area contributed by atoms with Crippen LogP contribution in [0.15, 0.2) is 33.9 Å². The first-order chi connectivity index (χ1) is 14.6. The Morgan fingerprint density at radius 2 is 2.16 bits per heavy atom. The fourth-order valence-corrected chi connectivity index (χ4v) is 4.35. The average Bonchev–Trinajstić information content (AvgIpc) is 3.29. The van der Waals surface area contributed by atoms with Gasteiger partial charge in [0.25, 0.3) is 0 Å². The van der Waals surface area contributed by atoms with E-state index in [1.54, 1.807) is 25.1 Å². The van der Waals surface area contributed by atoms with Gasteiger partial charge < -0.3 is 24.9 Å². The molecule has 1 aliphatic rings. The molecule has 0 amide bonds. The van der Waals surface area contributed by atoms with Crippen molar-refractivity contribution in [1.29, 1.82) is 0 Å². The summed E-state index contributed by atoms with van der Waals surface area (Å²) in [4.78, 5) is 6.05. The van der Waals surface area contributed by atoms with E-state index in [2.05, 4.69) is 15.5 Å². The lowest BCUT2D eigenvalue weighted by atomic mass is 10.0. The van der Waals surface area contributed by atoms with Gasteiger partial charge in [-0.3, -0.25) is 0 Å². The van der Waals surface area contributed by atoms with E-state index < -0.39 is 23.8 Å². The zero-order chi connectivity index (χ0) is 22.3. The maximum atomic E-state index is 14.5. The summed E-state index contributed by atoms with van der Waals surface area (Å²) in [7, 11) is 1.85. The minimum Gasteiger partial charge on any atom is -0.378 e. The Morgan fingerprint density at radius 3 is 2.81 bits per heavy atom. The van der Waals surface area contributed by atoms with Gasteiger partial charge in [0.15, 0.2) is 0 Å². The molecule has 7 nitrogen and oxygen atoms in total. The van der Waals surface area contributed by atoms with Gasteiger partial charge in [-0.15, -0.1) is 0 Å². The number of nitrogens with one attached hydrogen (secondary N) is 1. The molecule has 0 radical (unpaired) electrons. The van der Waals surface area contributed by atoms with Crippen molar-refractivity contribution in [2.45, 2.75) is 42.1 Å². The first kappa shape index (κ1) is 21.9. The molecular formula is C19H22F4N6OS. The number of nitrogens with zero attached hydrogens (tertiary/aromatic N) is 4. The van der Waals surface area contributed by atoms with Crippen molar-refractivity contribution in [3.8, 4) is 11.4 Å². The smallest absolute Gasteiger partial charge is 0.378 e. The third-order valence-corrected chi connectivity index (χ3v) is 5.98. The SMILES string of the molecule is C[C@H](N)c1nc(-c2cc3c(N[C@@H]4CCN(C)C[C@@H]4F)cccn3c2SC(F)(F)F)no1. The Hall–Kier alpha value is -2.31. The summed E-state index contributed by atoms with van der Waals surface area (Å²) in [6.45, 7) is 2.66. The van der Waals surface area contributed by atoms with Gasteiger partial charge in [-0.25, -0.2) is 4.39 Å². The summed E-state index contributed by atoms with van der Waals surface area (Å²) in [6, 6.07) is 3.89. The highest BCUT2D eigenvalue weighted by Gasteiger charge is 2.34. The predicted octanol–water partition coefficient (Wildman–Crippen LogP) is 4.08. The Bertz CT molecular complexity index is 1070. The molecule has 4 heterocycles. The molecule has 0 spiro atoms. The summed E-state index contributed by atoms with van der Waals surface area (Å²) in [6.07, 6.45) is 1.01. The molecular weight excluding hydrogens is 436 g/mol. The normalized spacial score (nSPS) is 21.5. The van der Waals surface area contributed by atoms with Crippen LogP contribution in [-0.2, 0) is 0 Å². The van der Waals surface area contributed by atoms with Gasteiger partial charge in [-0.2, -0.15) is 18.2 Å². The van der Waals surface area contributed by atoms with Crippen molar-refractivity contribution in [3.63, 3.8) is 0 Å². The molecule has 0 unspecified atom stereocenters. The lowest BCUT2D eigenvalue weighted by Gasteiger charge is -2.33. The molecule has 0 aliphatic carbocycles. The second kappa shape index (κ2) is 8.32. The average molecular weight is 458 g/mol. The van der Waals surface area contributed by atoms with E-state index in [0.717, 1.165) is 6.54 Å². The van der Waals surface area contributed by atoms with Crippen molar-refractivity contribution in [3.05, 3.63) is 30.3 Å². The standard InChI is InChI=1S/C19H22F4N6OS/c1-10(24)17-26-16(27-30-17)11-8-15-14(25-13-5-7-28(2)9-12(13)20)4-3-6-29(15)18(11)31-19(21,22)23/h3-4,6,8,10,12-13,25H,5,7,9,24H2,1-2H3/t10-,12-,13+/m0/s1. The Labute approximate surface area is 180 Å². The number of pyridine rings is 1. The minimum absolute atomic E-state index is 0.0105. The molecule has 1 saturated heterocycles. The number of halogens is 4. The summed E-state index contributed by atoms with van der Waals surface area (Å²) in [5.74, 6) is 0.134. The third-order valence-electron chi connectivity index (χ3n) is 5.13. The van der Waals surface area contributed by atoms with Crippen LogP contribution in [0.3, 0.4) is 0 Å². The molecule has 3 atom stereocenters. The number of anilines is 1. The first-order valence-electron chi connectivity index (χ1n) is 9.71. The van der Waals surface area contributed by atoms with Crippen molar-refractivity contribution in [2.24, 2.45) is 5.73 Å². The van der Waals surface area contributed by atoms with Crippen LogP contribution in [0.2, 0.25) is 0 Å². The lowest BCUT2D eigenvalue weighted by Crippen LogP contribution is -2.46. The Kier molecular flexibility index (Phi) is 5.88. The van der Waals surface area contributed by atoms with Gasteiger partial charge in [-0.05, 0) is 38.6 Å². The van der Waals surface area contributed by atoms with Crippen LogP contribution in [0.1, 0.15) is 25.3 Å². The lowest BCUT2D eigenvalue weighted by molar-refractivity contribution is -0.0329. The van der Waals surface area contributed by atoms with Gasteiger partial charge in [-0.1, -0.05) is 5.16 Å². The van der Waals surface area contributed by atoms with Crippen LogP contribution in [0.4, 0.5) is 23.2 Å². The van der Waals surface area contributed by atoms with E-state index in [0.29, 0.717) is 24.2 Å². The summed E-state index contributed by atoms with van der Waals surface area (Å²) in [5, 5.41) is 6.88. The predicted molar refractivity (Wildman–Crippen MR) is 110 cm³/mol. The van der Waals surface area contributed by atoms with Gasteiger partial charge in [0.05, 0.1) is 33.9 Å². The fourth-order valence-electron chi connectivity index (χ4n) is 3.62. The number of fused-ring (bicyclic) bond motifs is 1. The number of likely N-dealkylation sites (tertiary alicyclic amines) is 1. The van der Waals surface area contributed by atoms with Gasteiger partial charge >= 0.3 is 5.51 Å². The van der Waals surface area contributed by atoms with E-state index in [4.69, 9.17) is 10.3 Å². The van der Waals surface area contributed by atoms with E-state index in [-0.39, 0.29) is 34.1 Å². The molecule has 0 saturated carbocycles. The van der Waals surface area contributed by atoms with Crippen LogP contribution >= 0.6 is 11.8 Å². The molecule has 0 aromatic carbocycles. The van der Waals surface area contributed by atoms with Crippen LogP contribution in [0, 0.1) is 0 Å². The molecule has 12 heteroatoms. The molecule has 1 aliphatic heterocycles. The van der Waals surface area contributed by atoms with Crippen LogP contribution in [0.25, 0.3) is 16.9 Å². The molecule has 3 aromatic rings. The first-order valence-corrected chi connectivity index (χ1v) is 10.5. The van der Waals surface area contributed by atoms with Crippen molar-refractivity contribution in [1.82, 2.24) is 19.4 Å². The number of nitrogens with two attached hydrogens (primary N) is 1. The molecule has 31 heavy (non-hydrogen) atoms. The molecule has 3 N–H and O–H groups in total. The van der Waals surface area contributed by atoms with Gasteiger partial charge in [0, 0.05) is 31.0 Å². The molecule has 168 valence electrons. The zero-order valence-corrected chi connectivity index (χ0v) is 17.7. The number of rotatable bonds is 5. The van der Waals surface area contributed by atoms with E-state index >= 15 is 0 Å². The largest absolute Gasteiger partial charge is 0.447 e. The Morgan fingerprint density at radius 1 is 1.39 bits per heavy atom. The number of alkyl halides is 4. The van der Waals surface area contributed by atoms with Gasteiger partial charge in [0.2, 0.25) is 11.7 Å². The zero-order valence-electron chi connectivity index (χ0n) is 16.9. The van der Waals surface area contributed by atoms with Crippen molar-refractivity contribution >= 4 is 23.0 Å². The highest BCUT2D eigenvalue weighted by Crippen LogP contribution is 2.44. The van der Waals surface area contributed by atoms with E-state index in [1.165, 1.54) is 10.6 Å². The van der Waals surface area contributed by atoms with E-state index in [1.807, 2.05) is 11.9 Å². The second-order valence-corrected chi connectivity index (χ2v) is 8.70. The van der Waals surface area contributed by atoms with E-state index in [9.17, 15) is 17.6 Å². The number of hydrogen-bond donors (Lipinski definition) is 2. The molecule has 3 aromatic heterocycles. The number of hydrogen-bond acceptors (Lipinski definition) is 7. The highest BCUT2D eigenvalue weighted by molar-refractivity contribution is 8.00. The van der Waals surface area contributed by atoms with Gasteiger partial charge in [0.1, 0.15) is 6.17 Å². The fraction of sp³-hybridized carbons (Fsp3) is 0.474. The minimum atomic E-state index is -4.53. The number of aromatic nitrogens is 3. The summed E-state index contributed by atoms with van der Waals surface area (Å²) in [5.41, 5.74) is 2.36. The highest BCUT2D eigenvalue weighted by atomic mass is 32.2. The topological polar surface area (TPSA) is 84.6 Å². The monoisotopic (exact) mass is 458 g/mol. The summed E-state index contributed by atoms with van der Waals surface area (Å²) >= 11 is -0.267. The van der Waals surface area contributed by atoms with Crippen LogP contribution in [0.5, 0.6) is 0 Å².